The first kappa shape index (κ1) is 18.8. The number of phenols is 1. The number of allylic oxidation sites excluding steroid dienone is 4. The number of aromatic hydroxyl groups is 1. The van der Waals surface area contributed by atoms with Gasteiger partial charge in [0.2, 0.25) is 0 Å². The van der Waals surface area contributed by atoms with Crippen LogP contribution in [0.15, 0.2) is 66.3 Å². The maximum absolute atomic E-state index is 13.4. The molecule has 5 nitrogen and oxygen atoms in total. The molecular formula is C25H24N2O3. The summed E-state index contributed by atoms with van der Waals surface area (Å²) in [4.78, 5) is 27.4. The fourth-order valence-corrected chi connectivity index (χ4v) is 4.97. The highest BCUT2D eigenvalue weighted by molar-refractivity contribution is 6.01. The van der Waals surface area contributed by atoms with Crippen LogP contribution in [0.2, 0.25) is 0 Å². The van der Waals surface area contributed by atoms with Crippen LogP contribution in [-0.2, 0) is 11.2 Å². The zero-order valence-electron chi connectivity index (χ0n) is 16.7. The summed E-state index contributed by atoms with van der Waals surface area (Å²) in [6, 6.07) is 13.3. The number of benzene rings is 2. The molecule has 2 aromatic rings. The van der Waals surface area contributed by atoms with Gasteiger partial charge in [-0.05, 0) is 53.5 Å². The summed E-state index contributed by atoms with van der Waals surface area (Å²) in [5, 5.41) is 13.3. The Kier molecular flexibility index (Phi) is 4.75. The number of nitrogens with one attached hydrogen (secondary N) is 1. The smallest absolute Gasteiger partial charge is 0.254 e. The van der Waals surface area contributed by atoms with E-state index in [1.165, 1.54) is 0 Å². The van der Waals surface area contributed by atoms with E-state index in [0.29, 0.717) is 19.5 Å². The van der Waals surface area contributed by atoms with Gasteiger partial charge in [-0.15, -0.1) is 0 Å². The summed E-state index contributed by atoms with van der Waals surface area (Å²) in [7, 11) is 0. The standard InChI is InChI=1S/C25H24N2O3/c28-18-5-7-20-16(14-18)13-17-15-19(29)6-8-21(17)24(20)22-3-1-2-4-23(22)25(30)27-11-9-26-10-12-27/h1-8,14-15,20,24,26,29H,9-13H2. The van der Waals surface area contributed by atoms with Gasteiger partial charge in [0.1, 0.15) is 5.75 Å². The van der Waals surface area contributed by atoms with Crippen molar-refractivity contribution in [1.29, 1.82) is 0 Å². The fraction of sp³-hybridized carbons (Fsp3) is 0.280. The van der Waals surface area contributed by atoms with Gasteiger partial charge in [-0.1, -0.05) is 35.9 Å². The van der Waals surface area contributed by atoms with Gasteiger partial charge in [-0.2, -0.15) is 0 Å². The van der Waals surface area contributed by atoms with Crippen LogP contribution in [-0.4, -0.2) is 47.9 Å². The Hall–Kier alpha value is -3.18. The summed E-state index contributed by atoms with van der Waals surface area (Å²) >= 11 is 0. The third-order valence-corrected chi connectivity index (χ3v) is 6.37. The number of hydrogen-bond acceptors (Lipinski definition) is 4. The first-order valence-corrected chi connectivity index (χ1v) is 10.4. The van der Waals surface area contributed by atoms with Gasteiger partial charge in [0.05, 0.1) is 0 Å². The minimum absolute atomic E-state index is 0.00576. The van der Waals surface area contributed by atoms with Gasteiger partial charge in [-0.3, -0.25) is 9.59 Å². The molecule has 5 heteroatoms. The van der Waals surface area contributed by atoms with Crippen molar-refractivity contribution in [2.45, 2.75) is 12.3 Å². The molecular weight excluding hydrogens is 376 g/mol. The molecule has 0 radical (unpaired) electrons. The van der Waals surface area contributed by atoms with Gasteiger partial charge >= 0.3 is 0 Å². The van der Waals surface area contributed by atoms with Crippen molar-refractivity contribution in [2.75, 3.05) is 26.2 Å². The average molecular weight is 400 g/mol. The molecule has 1 saturated heterocycles. The molecule has 2 aliphatic carbocycles. The van der Waals surface area contributed by atoms with E-state index < -0.39 is 0 Å². The predicted octanol–water partition coefficient (Wildman–Crippen LogP) is 2.81. The SMILES string of the molecule is O=C1C=CC2C(=C1)Cc1cc(O)ccc1C2c1ccccc1C(=O)N1CCNCC1. The van der Waals surface area contributed by atoms with Crippen LogP contribution in [0.25, 0.3) is 0 Å². The highest BCUT2D eigenvalue weighted by Gasteiger charge is 2.36. The zero-order valence-corrected chi connectivity index (χ0v) is 16.7. The molecule has 0 aromatic heterocycles. The lowest BCUT2D eigenvalue weighted by atomic mass is 9.67. The lowest BCUT2D eigenvalue weighted by Crippen LogP contribution is -2.46. The Bertz CT molecular complexity index is 1080. The van der Waals surface area contributed by atoms with E-state index in [2.05, 4.69) is 5.32 Å². The maximum Gasteiger partial charge on any atom is 0.254 e. The molecule has 1 amide bonds. The van der Waals surface area contributed by atoms with E-state index in [9.17, 15) is 14.7 Å². The van der Waals surface area contributed by atoms with Crippen molar-refractivity contribution in [1.82, 2.24) is 10.2 Å². The zero-order chi connectivity index (χ0) is 20.7. The molecule has 2 unspecified atom stereocenters. The Morgan fingerprint density at radius 3 is 2.70 bits per heavy atom. The lowest BCUT2D eigenvalue weighted by molar-refractivity contribution is -0.110. The number of amides is 1. The number of phenolic OH excluding ortho intramolecular Hbond substituents is 1. The molecule has 3 aliphatic rings. The van der Waals surface area contributed by atoms with Crippen molar-refractivity contribution in [3.63, 3.8) is 0 Å². The van der Waals surface area contributed by atoms with Crippen LogP contribution in [0.1, 0.15) is 33.0 Å². The topological polar surface area (TPSA) is 69.6 Å². The summed E-state index contributed by atoms with van der Waals surface area (Å²) in [5.74, 6) is 0.215. The minimum atomic E-state index is -0.0759. The molecule has 2 aromatic carbocycles. The van der Waals surface area contributed by atoms with Gasteiger partial charge in [0, 0.05) is 43.6 Å². The molecule has 0 spiro atoms. The number of rotatable bonds is 2. The van der Waals surface area contributed by atoms with Gasteiger partial charge in [0.15, 0.2) is 5.78 Å². The Morgan fingerprint density at radius 1 is 1.07 bits per heavy atom. The number of piperazine rings is 1. The molecule has 30 heavy (non-hydrogen) atoms. The summed E-state index contributed by atoms with van der Waals surface area (Å²) in [6.45, 7) is 3.01. The molecule has 2 atom stereocenters. The summed E-state index contributed by atoms with van der Waals surface area (Å²) in [5.41, 5.74) is 4.84. The normalized spacial score (nSPS) is 22.9. The van der Waals surface area contributed by atoms with Crippen molar-refractivity contribution in [2.24, 2.45) is 5.92 Å². The number of ketones is 1. The van der Waals surface area contributed by atoms with Crippen LogP contribution in [0.5, 0.6) is 5.75 Å². The van der Waals surface area contributed by atoms with Crippen LogP contribution >= 0.6 is 0 Å². The highest BCUT2D eigenvalue weighted by atomic mass is 16.3. The third kappa shape index (κ3) is 3.25. The maximum atomic E-state index is 13.4. The van der Waals surface area contributed by atoms with E-state index in [-0.39, 0.29) is 29.3 Å². The highest BCUT2D eigenvalue weighted by Crippen LogP contribution is 2.47. The molecule has 5 rings (SSSR count). The number of nitrogens with zero attached hydrogens (tertiary/aromatic N) is 1. The second kappa shape index (κ2) is 7.58. The molecule has 2 N–H and O–H groups in total. The summed E-state index contributed by atoms with van der Waals surface area (Å²) < 4.78 is 0. The fourth-order valence-electron chi connectivity index (χ4n) is 4.97. The Morgan fingerprint density at radius 2 is 1.87 bits per heavy atom. The summed E-state index contributed by atoms with van der Waals surface area (Å²) in [6.07, 6.45) is 5.96. The van der Waals surface area contributed by atoms with Crippen LogP contribution < -0.4 is 5.32 Å². The van der Waals surface area contributed by atoms with Crippen LogP contribution in [0.4, 0.5) is 0 Å². The van der Waals surface area contributed by atoms with E-state index in [1.807, 2.05) is 41.3 Å². The number of hydrogen-bond donors (Lipinski definition) is 2. The Labute approximate surface area is 175 Å². The van der Waals surface area contributed by atoms with Crippen molar-refractivity contribution in [3.8, 4) is 5.75 Å². The first-order valence-electron chi connectivity index (χ1n) is 10.4. The number of fused-ring (bicyclic) bond motifs is 2. The van der Waals surface area contributed by atoms with Gasteiger partial charge in [-0.25, -0.2) is 0 Å². The molecule has 1 aliphatic heterocycles. The van der Waals surface area contributed by atoms with E-state index in [1.54, 1.807) is 24.3 Å². The number of carbonyl (C=O) groups excluding carboxylic acids is 2. The minimum Gasteiger partial charge on any atom is -0.508 e. The molecule has 1 heterocycles. The second-order valence-corrected chi connectivity index (χ2v) is 8.17. The van der Waals surface area contributed by atoms with Crippen molar-refractivity contribution >= 4 is 11.7 Å². The molecule has 0 bridgehead atoms. The quantitative estimate of drug-likeness (QED) is 0.813. The van der Waals surface area contributed by atoms with E-state index >= 15 is 0 Å². The third-order valence-electron chi connectivity index (χ3n) is 6.37. The van der Waals surface area contributed by atoms with Gasteiger partial charge < -0.3 is 15.3 Å². The van der Waals surface area contributed by atoms with Crippen LogP contribution in [0, 0.1) is 5.92 Å². The second-order valence-electron chi connectivity index (χ2n) is 8.17. The van der Waals surface area contributed by atoms with Gasteiger partial charge in [0.25, 0.3) is 5.91 Å². The molecule has 152 valence electrons. The predicted molar refractivity (Wildman–Crippen MR) is 115 cm³/mol. The molecule has 1 fully saturated rings. The monoisotopic (exact) mass is 400 g/mol. The van der Waals surface area contributed by atoms with Crippen molar-refractivity contribution < 1.29 is 14.7 Å². The van der Waals surface area contributed by atoms with Crippen LogP contribution in [0.3, 0.4) is 0 Å². The average Bonchev–Trinajstić information content (AvgIpc) is 2.77. The first-order chi connectivity index (χ1) is 14.6. The van der Waals surface area contributed by atoms with E-state index in [0.717, 1.165) is 40.9 Å². The number of carbonyl (C=O) groups is 2. The lowest BCUT2D eigenvalue weighted by Gasteiger charge is -2.37. The van der Waals surface area contributed by atoms with Crippen molar-refractivity contribution in [3.05, 3.63) is 88.5 Å². The molecule has 0 saturated carbocycles. The Balaban J connectivity index is 1.64. The van der Waals surface area contributed by atoms with E-state index in [4.69, 9.17) is 0 Å². The largest absolute Gasteiger partial charge is 0.508 e.